The Bertz CT molecular complexity index is 473. The van der Waals surface area contributed by atoms with Gasteiger partial charge < -0.3 is 15.2 Å². The monoisotopic (exact) mass is 303 g/mol. The van der Waals surface area contributed by atoms with E-state index in [2.05, 4.69) is 0 Å². The maximum Gasteiger partial charge on any atom is 0.339 e. The maximum atomic E-state index is 12.0. The molecule has 0 amide bonds. The Hall–Kier alpha value is -0.970. The Morgan fingerprint density at radius 3 is 2.74 bits per heavy atom. The molecule has 0 aliphatic carbocycles. The van der Waals surface area contributed by atoms with Crippen LogP contribution in [0.5, 0.6) is 0 Å². The summed E-state index contributed by atoms with van der Waals surface area (Å²) in [4.78, 5) is 12.0. The Kier molecular flexibility index (Phi) is 4.91. The van der Waals surface area contributed by atoms with E-state index in [1.54, 1.807) is 0 Å². The highest BCUT2D eigenvalue weighted by Crippen LogP contribution is 2.29. The molecule has 1 saturated heterocycles. The summed E-state index contributed by atoms with van der Waals surface area (Å²) in [5.74, 6) is -0.154. The molecule has 1 aliphatic heterocycles. The first-order valence-electron chi connectivity index (χ1n) is 6.07. The summed E-state index contributed by atoms with van der Waals surface area (Å²) in [6, 6.07) is 2.97. The Morgan fingerprint density at radius 1 is 1.37 bits per heavy atom. The van der Waals surface area contributed by atoms with Crippen LogP contribution in [0.3, 0.4) is 0 Å². The quantitative estimate of drug-likeness (QED) is 0.688. The van der Waals surface area contributed by atoms with Crippen molar-refractivity contribution in [1.82, 2.24) is 0 Å². The van der Waals surface area contributed by atoms with Gasteiger partial charge in [-0.2, -0.15) is 0 Å². The first-order chi connectivity index (χ1) is 9.08. The maximum absolute atomic E-state index is 12.0. The molecule has 0 radical (unpaired) electrons. The van der Waals surface area contributed by atoms with E-state index < -0.39 is 5.97 Å². The molecule has 0 unspecified atom stereocenters. The van der Waals surface area contributed by atoms with Crippen LogP contribution in [0.2, 0.25) is 10.0 Å². The number of halogens is 2. The van der Waals surface area contributed by atoms with Crippen LogP contribution < -0.4 is 5.73 Å². The fourth-order valence-electron chi connectivity index (χ4n) is 1.94. The van der Waals surface area contributed by atoms with Crippen molar-refractivity contribution < 1.29 is 14.3 Å². The second-order valence-corrected chi connectivity index (χ2v) is 5.30. The summed E-state index contributed by atoms with van der Waals surface area (Å²) in [6.45, 7) is 1.80. The zero-order chi connectivity index (χ0) is 13.8. The minimum absolute atomic E-state index is 0.174. The number of carbonyl (C=O) groups is 1. The number of ether oxygens (including phenoxy) is 2. The number of benzene rings is 1. The van der Waals surface area contributed by atoms with Gasteiger partial charge in [0.05, 0.1) is 22.2 Å². The summed E-state index contributed by atoms with van der Waals surface area (Å²) in [5, 5.41) is 0.424. The summed E-state index contributed by atoms with van der Waals surface area (Å²) >= 11 is 11.8. The SMILES string of the molecule is Nc1cc(Cl)c(Cl)c(C(=O)OCC2CCOCC2)c1. The van der Waals surface area contributed by atoms with Gasteiger partial charge in [-0.15, -0.1) is 0 Å². The first-order valence-corrected chi connectivity index (χ1v) is 6.83. The largest absolute Gasteiger partial charge is 0.462 e. The van der Waals surface area contributed by atoms with Gasteiger partial charge in [-0.25, -0.2) is 4.79 Å². The number of nitrogens with two attached hydrogens (primary N) is 1. The van der Waals surface area contributed by atoms with E-state index in [1.165, 1.54) is 12.1 Å². The van der Waals surface area contributed by atoms with Crippen LogP contribution in [0.15, 0.2) is 12.1 Å². The van der Waals surface area contributed by atoms with Crippen molar-refractivity contribution in [2.45, 2.75) is 12.8 Å². The Balaban J connectivity index is 1.99. The van der Waals surface area contributed by atoms with Gasteiger partial charge in [0.15, 0.2) is 0 Å². The van der Waals surface area contributed by atoms with E-state index in [1.807, 2.05) is 0 Å². The minimum Gasteiger partial charge on any atom is -0.462 e. The lowest BCUT2D eigenvalue weighted by Crippen LogP contribution is -2.22. The average Bonchev–Trinajstić information content (AvgIpc) is 2.41. The molecule has 19 heavy (non-hydrogen) atoms. The predicted octanol–water partition coefficient (Wildman–Crippen LogP) is 3.16. The summed E-state index contributed by atoms with van der Waals surface area (Å²) < 4.78 is 10.5. The van der Waals surface area contributed by atoms with Crippen molar-refractivity contribution in [3.05, 3.63) is 27.7 Å². The molecule has 0 atom stereocenters. The number of anilines is 1. The number of hydrogen-bond acceptors (Lipinski definition) is 4. The van der Waals surface area contributed by atoms with Crippen molar-refractivity contribution >= 4 is 34.9 Å². The van der Waals surface area contributed by atoms with Crippen molar-refractivity contribution in [1.29, 1.82) is 0 Å². The molecule has 1 aromatic rings. The molecule has 2 N–H and O–H groups in total. The lowest BCUT2D eigenvalue weighted by molar-refractivity contribution is 0.0186. The van der Waals surface area contributed by atoms with E-state index in [-0.39, 0.29) is 15.6 Å². The van der Waals surface area contributed by atoms with Crippen molar-refractivity contribution in [2.24, 2.45) is 5.92 Å². The minimum atomic E-state index is -0.495. The van der Waals surface area contributed by atoms with E-state index >= 15 is 0 Å². The van der Waals surface area contributed by atoms with E-state index in [0.717, 1.165) is 12.8 Å². The fourth-order valence-corrected chi connectivity index (χ4v) is 2.36. The zero-order valence-electron chi connectivity index (χ0n) is 10.3. The molecule has 1 fully saturated rings. The molecule has 2 rings (SSSR count). The van der Waals surface area contributed by atoms with Crippen LogP contribution in [-0.4, -0.2) is 25.8 Å². The lowest BCUT2D eigenvalue weighted by atomic mass is 10.0. The van der Waals surface area contributed by atoms with Crippen LogP contribution in [0, 0.1) is 5.92 Å². The van der Waals surface area contributed by atoms with Gasteiger partial charge in [0.25, 0.3) is 0 Å². The second-order valence-electron chi connectivity index (χ2n) is 4.52. The molecule has 1 aliphatic rings. The van der Waals surface area contributed by atoms with Crippen LogP contribution in [0.1, 0.15) is 23.2 Å². The van der Waals surface area contributed by atoms with Crippen LogP contribution in [-0.2, 0) is 9.47 Å². The number of nitrogen functional groups attached to an aromatic ring is 1. The molecule has 6 heteroatoms. The molecule has 104 valence electrons. The van der Waals surface area contributed by atoms with Gasteiger partial charge in [0.1, 0.15) is 0 Å². The Labute approximate surface area is 121 Å². The number of carbonyl (C=O) groups excluding carboxylic acids is 1. The van der Waals surface area contributed by atoms with E-state index in [9.17, 15) is 4.79 Å². The standard InChI is InChI=1S/C13H15Cl2NO3/c14-11-6-9(16)5-10(12(11)15)13(17)19-7-8-1-3-18-4-2-8/h5-6,8H,1-4,7,16H2. The fraction of sp³-hybridized carbons (Fsp3) is 0.462. The molecule has 0 bridgehead atoms. The number of hydrogen-bond donors (Lipinski definition) is 1. The molecule has 1 aromatic carbocycles. The molecular formula is C13H15Cl2NO3. The third kappa shape index (κ3) is 3.75. The summed E-state index contributed by atoms with van der Waals surface area (Å²) in [7, 11) is 0. The van der Waals surface area contributed by atoms with E-state index in [4.69, 9.17) is 38.4 Å². The van der Waals surface area contributed by atoms with Crippen LogP contribution in [0.25, 0.3) is 0 Å². The predicted molar refractivity (Wildman–Crippen MR) is 74.7 cm³/mol. The van der Waals surface area contributed by atoms with Crippen molar-refractivity contribution in [3.8, 4) is 0 Å². The second kappa shape index (κ2) is 6.46. The summed E-state index contributed by atoms with van der Waals surface area (Å²) in [6.07, 6.45) is 1.80. The number of esters is 1. The van der Waals surface area contributed by atoms with Gasteiger partial charge in [-0.3, -0.25) is 0 Å². The summed E-state index contributed by atoms with van der Waals surface area (Å²) in [5.41, 5.74) is 6.23. The van der Waals surface area contributed by atoms with Gasteiger partial charge in [-0.1, -0.05) is 23.2 Å². The van der Waals surface area contributed by atoms with Crippen LogP contribution >= 0.6 is 23.2 Å². The highest BCUT2D eigenvalue weighted by Gasteiger charge is 2.19. The average molecular weight is 304 g/mol. The molecule has 1 heterocycles. The van der Waals surface area contributed by atoms with Gasteiger partial charge in [0, 0.05) is 18.9 Å². The normalized spacial score (nSPS) is 16.3. The van der Waals surface area contributed by atoms with Gasteiger partial charge in [0.2, 0.25) is 0 Å². The van der Waals surface area contributed by atoms with Crippen molar-refractivity contribution in [2.75, 3.05) is 25.6 Å². The highest BCUT2D eigenvalue weighted by atomic mass is 35.5. The molecule has 0 saturated carbocycles. The van der Waals surface area contributed by atoms with Gasteiger partial charge in [-0.05, 0) is 30.9 Å². The highest BCUT2D eigenvalue weighted by molar-refractivity contribution is 6.44. The third-order valence-corrected chi connectivity index (χ3v) is 3.86. The molecule has 4 nitrogen and oxygen atoms in total. The first kappa shape index (κ1) is 14.4. The Morgan fingerprint density at radius 2 is 2.05 bits per heavy atom. The van der Waals surface area contributed by atoms with Crippen molar-refractivity contribution in [3.63, 3.8) is 0 Å². The lowest BCUT2D eigenvalue weighted by Gasteiger charge is -2.21. The number of rotatable bonds is 3. The smallest absolute Gasteiger partial charge is 0.339 e. The molecular weight excluding hydrogens is 289 g/mol. The molecule has 0 spiro atoms. The third-order valence-electron chi connectivity index (χ3n) is 3.06. The van der Waals surface area contributed by atoms with Gasteiger partial charge >= 0.3 is 5.97 Å². The topological polar surface area (TPSA) is 61.6 Å². The van der Waals surface area contributed by atoms with Crippen LogP contribution in [0.4, 0.5) is 5.69 Å². The zero-order valence-corrected chi connectivity index (χ0v) is 11.8. The van der Waals surface area contributed by atoms with E-state index in [0.29, 0.717) is 31.4 Å². The molecule has 0 aromatic heterocycles.